The van der Waals surface area contributed by atoms with Crippen LogP contribution in [0.3, 0.4) is 0 Å². The van der Waals surface area contributed by atoms with E-state index >= 15 is 0 Å². The van der Waals surface area contributed by atoms with Crippen molar-refractivity contribution in [2.24, 2.45) is 7.05 Å². The zero-order valence-electron chi connectivity index (χ0n) is 16.3. The minimum Gasteiger partial charge on any atom is -0.497 e. The number of nitrogens with zero attached hydrogens (tertiary/aromatic N) is 4. The van der Waals surface area contributed by atoms with Gasteiger partial charge in [-0.15, -0.1) is 0 Å². The quantitative estimate of drug-likeness (QED) is 0.710. The van der Waals surface area contributed by atoms with Crippen LogP contribution in [0.15, 0.2) is 30.6 Å². The highest BCUT2D eigenvalue weighted by atomic mass is 19.1. The summed E-state index contributed by atoms with van der Waals surface area (Å²) in [6.45, 7) is 0.335. The van der Waals surface area contributed by atoms with Crippen LogP contribution < -0.4 is 15.2 Å². The summed E-state index contributed by atoms with van der Waals surface area (Å²) in [7, 11) is 4.86. The van der Waals surface area contributed by atoms with Crippen LogP contribution in [0.1, 0.15) is 21.5 Å². The first-order chi connectivity index (χ1) is 13.9. The lowest BCUT2D eigenvalue weighted by molar-refractivity contribution is 0.0766. The minimum absolute atomic E-state index is 0.0924. The second-order valence-electron chi connectivity index (χ2n) is 6.75. The van der Waals surface area contributed by atoms with E-state index in [0.29, 0.717) is 22.8 Å². The second kappa shape index (κ2) is 7.08. The van der Waals surface area contributed by atoms with Gasteiger partial charge in [-0.3, -0.25) is 9.48 Å². The number of nitrogens with two attached hydrogens (primary N) is 1. The average molecular weight is 397 g/mol. The molecule has 3 aromatic rings. The maximum Gasteiger partial charge on any atom is 0.257 e. The van der Waals surface area contributed by atoms with Crippen LogP contribution in [0.5, 0.6) is 11.5 Å². The van der Waals surface area contributed by atoms with Crippen LogP contribution in [0, 0.1) is 5.82 Å². The number of nitrogen functional groups attached to an aromatic ring is 1. The fraction of sp³-hybridized carbons (Fsp3) is 0.250. The molecule has 0 fully saturated rings. The predicted octanol–water partition coefficient (Wildman–Crippen LogP) is 2.38. The SMILES string of the molecule is COc1ccc(CN2Cc3c(F)c(N)nc(-c4cnn(C)c4)c3C2=O)c(OC)c1. The summed E-state index contributed by atoms with van der Waals surface area (Å²) >= 11 is 0. The topological polar surface area (TPSA) is 95.5 Å². The van der Waals surface area contributed by atoms with Crippen LogP contribution in [0.4, 0.5) is 10.2 Å². The number of carbonyl (C=O) groups excluding carboxylic acids is 1. The standard InChI is InChI=1S/C20H20FN5O3/c1-25-8-12(7-23-25)18-16-14(17(21)19(22)24-18)10-26(20(16)27)9-11-4-5-13(28-2)6-15(11)29-3/h4-8H,9-10H2,1-3H3,(H2,22,24). The first kappa shape index (κ1) is 18.7. The van der Waals surface area contributed by atoms with Crippen molar-refractivity contribution in [2.75, 3.05) is 20.0 Å². The number of hydrogen-bond donors (Lipinski definition) is 1. The third-order valence-electron chi connectivity index (χ3n) is 4.94. The van der Waals surface area contributed by atoms with Gasteiger partial charge in [0.2, 0.25) is 0 Å². The smallest absolute Gasteiger partial charge is 0.257 e. The number of pyridine rings is 1. The summed E-state index contributed by atoms with van der Waals surface area (Å²) < 4.78 is 26.9. The van der Waals surface area contributed by atoms with Crippen molar-refractivity contribution < 1.29 is 18.7 Å². The van der Waals surface area contributed by atoms with Gasteiger partial charge in [-0.1, -0.05) is 0 Å². The molecule has 8 nitrogen and oxygen atoms in total. The van der Waals surface area contributed by atoms with Gasteiger partial charge < -0.3 is 20.1 Å². The number of benzene rings is 1. The lowest BCUT2D eigenvalue weighted by atomic mass is 10.0. The summed E-state index contributed by atoms with van der Waals surface area (Å²) in [5.41, 5.74) is 7.96. The molecule has 4 rings (SSSR count). The molecular weight excluding hydrogens is 377 g/mol. The van der Waals surface area contributed by atoms with Crippen molar-refractivity contribution >= 4 is 11.7 Å². The zero-order valence-corrected chi connectivity index (χ0v) is 16.3. The van der Waals surface area contributed by atoms with Crippen LogP contribution in [-0.4, -0.2) is 39.8 Å². The first-order valence-corrected chi connectivity index (χ1v) is 8.90. The third-order valence-corrected chi connectivity index (χ3v) is 4.94. The van der Waals surface area contributed by atoms with E-state index in [1.807, 2.05) is 6.07 Å². The summed E-state index contributed by atoms with van der Waals surface area (Å²) in [6.07, 6.45) is 3.28. The second-order valence-corrected chi connectivity index (χ2v) is 6.75. The maximum absolute atomic E-state index is 14.7. The predicted molar refractivity (Wildman–Crippen MR) is 104 cm³/mol. The Morgan fingerprint density at radius 3 is 2.72 bits per heavy atom. The van der Waals surface area contributed by atoms with Crippen molar-refractivity contribution in [3.8, 4) is 22.8 Å². The van der Waals surface area contributed by atoms with Crippen molar-refractivity contribution in [1.29, 1.82) is 0 Å². The van der Waals surface area contributed by atoms with Gasteiger partial charge in [0.25, 0.3) is 5.91 Å². The van der Waals surface area contributed by atoms with Gasteiger partial charge in [-0.2, -0.15) is 5.10 Å². The molecule has 0 unspecified atom stereocenters. The van der Waals surface area contributed by atoms with Crippen molar-refractivity contribution in [3.63, 3.8) is 0 Å². The Labute approximate surface area is 166 Å². The Morgan fingerprint density at radius 2 is 2.07 bits per heavy atom. The molecular formula is C20H20FN5O3. The van der Waals surface area contributed by atoms with E-state index in [0.717, 1.165) is 5.56 Å². The highest BCUT2D eigenvalue weighted by Gasteiger charge is 2.35. The van der Waals surface area contributed by atoms with E-state index in [9.17, 15) is 9.18 Å². The van der Waals surface area contributed by atoms with Gasteiger partial charge in [0, 0.05) is 42.5 Å². The molecule has 29 heavy (non-hydrogen) atoms. The van der Waals surface area contributed by atoms with Gasteiger partial charge in [0.05, 0.1) is 38.2 Å². The normalized spacial score (nSPS) is 13.0. The number of halogens is 1. The fourth-order valence-corrected chi connectivity index (χ4v) is 3.50. The van der Waals surface area contributed by atoms with Gasteiger partial charge in [-0.05, 0) is 12.1 Å². The molecule has 2 N–H and O–H groups in total. The van der Waals surface area contributed by atoms with E-state index in [1.165, 1.54) is 0 Å². The number of ether oxygens (including phenoxy) is 2. The third kappa shape index (κ3) is 3.14. The Kier molecular flexibility index (Phi) is 4.57. The van der Waals surface area contributed by atoms with Gasteiger partial charge in [-0.25, -0.2) is 9.37 Å². The number of aryl methyl sites for hydroxylation is 1. The van der Waals surface area contributed by atoms with Gasteiger partial charge >= 0.3 is 0 Å². The number of anilines is 1. The van der Waals surface area contributed by atoms with E-state index in [4.69, 9.17) is 15.2 Å². The van der Waals surface area contributed by atoms with E-state index < -0.39 is 5.82 Å². The molecule has 1 aliphatic heterocycles. The van der Waals surface area contributed by atoms with E-state index in [-0.39, 0.29) is 35.9 Å². The summed E-state index contributed by atoms with van der Waals surface area (Å²) in [5, 5.41) is 4.11. The lowest BCUT2D eigenvalue weighted by Crippen LogP contribution is -2.23. The Hall–Kier alpha value is -3.62. The number of carbonyl (C=O) groups is 1. The lowest BCUT2D eigenvalue weighted by Gasteiger charge is -2.18. The Bertz CT molecular complexity index is 1110. The number of methoxy groups -OCH3 is 2. The molecule has 0 radical (unpaired) electrons. The molecule has 0 spiro atoms. The molecule has 0 atom stereocenters. The number of aromatic nitrogens is 3. The maximum atomic E-state index is 14.7. The van der Waals surface area contributed by atoms with Crippen molar-refractivity contribution in [2.45, 2.75) is 13.1 Å². The fourth-order valence-electron chi connectivity index (χ4n) is 3.50. The highest BCUT2D eigenvalue weighted by molar-refractivity contribution is 6.04. The summed E-state index contributed by atoms with van der Waals surface area (Å²) in [5.74, 6) is 0.00908. The minimum atomic E-state index is -0.662. The van der Waals surface area contributed by atoms with Crippen LogP contribution in [-0.2, 0) is 20.1 Å². The number of hydrogen-bond acceptors (Lipinski definition) is 6. The zero-order chi connectivity index (χ0) is 20.7. The van der Waals surface area contributed by atoms with Crippen LogP contribution in [0.25, 0.3) is 11.3 Å². The molecule has 0 bridgehead atoms. The molecule has 0 saturated carbocycles. The number of amides is 1. The molecule has 9 heteroatoms. The molecule has 0 aliphatic carbocycles. The molecule has 2 aromatic heterocycles. The molecule has 1 aromatic carbocycles. The van der Waals surface area contributed by atoms with Gasteiger partial charge in [0.1, 0.15) is 11.5 Å². The first-order valence-electron chi connectivity index (χ1n) is 8.90. The average Bonchev–Trinajstić information content (AvgIpc) is 3.29. The highest BCUT2D eigenvalue weighted by Crippen LogP contribution is 2.36. The number of fused-ring (bicyclic) bond motifs is 1. The van der Waals surface area contributed by atoms with Gasteiger partial charge in [0.15, 0.2) is 11.6 Å². The molecule has 3 heterocycles. The largest absolute Gasteiger partial charge is 0.497 e. The van der Waals surface area contributed by atoms with Crippen molar-refractivity contribution in [3.05, 3.63) is 53.1 Å². The monoisotopic (exact) mass is 397 g/mol. The van der Waals surface area contributed by atoms with Crippen LogP contribution >= 0.6 is 0 Å². The van der Waals surface area contributed by atoms with Crippen molar-refractivity contribution in [1.82, 2.24) is 19.7 Å². The molecule has 150 valence electrons. The van der Waals surface area contributed by atoms with Crippen LogP contribution in [0.2, 0.25) is 0 Å². The number of rotatable bonds is 5. The summed E-state index contributed by atoms with van der Waals surface area (Å²) in [4.78, 5) is 18.9. The Balaban J connectivity index is 1.73. The van der Waals surface area contributed by atoms with E-state index in [2.05, 4.69) is 10.1 Å². The molecule has 0 saturated heterocycles. The van der Waals surface area contributed by atoms with E-state index in [1.54, 1.807) is 55.4 Å². The molecule has 1 aliphatic rings. The Morgan fingerprint density at radius 1 is 1.28 bits per heavy atom. The molecule has 1 amide bonds. The summed E-state index contributed by atoms with van der Waals surface area (Å²) in [6, 6.07) is 5.34.